The molecule has 0 saturated heterocycles. The van der Waals surface area contributed by atoms with Crippen LogP contribution in [0, 0.1) is 5.92 Å². The van der Waals surface area contributed by atoms with Gasteiger partial charge >= 0.3 is 0 Å². The van der Waals surface area contributed by atoms with Crippen LogP contribution in [0.15, 0.2) is 16.5 Å². The lowest BCUT2D eigenvalue weighted by atomic mass is 9.97. The number of hydrogen-bond acceptors (Lipinski definition) is 2. The molecule has 0 radical (unpaired) electrons. The first-order valence-corrected chi connectivity index (χ1v) is 4.99. The van der Waals surface area contributed by atoms with Gasteiger partial charge in [-0.05, 0) is 36.7 Å². The van der Waals surface area contributed by atoms with E-state index in [1.807, 2.05) is 13.1 Å². The van der Waals surface area contributed by atoms with E-state index < -0.39 is 0 Å². The molecule has 0 bridgehead atoms. The molecule has 0 amide bonds. The van der Waals surface area contributed by atoms with E-state index in [9.17, 15) is 0 Å². The number of rotatable bonds is 4. The van der Waals surface area contributed by atoms with E-state index in [-0.39, 0.29) is 6.04 Å². The normalized spacial score (nSPS) is 15.7. The molecule has 13 heavy (non-hydrogen) atoms. The van der Waals surface area contributed by atoms with Crippen molar-refractivity contribution in [3.8, 4) is 0 Å². The topological polar surface area (TPSA) is 25.2 Å². The third kappa shape index (κ3) is 2.48. The Morgan fingerprint density at radius 1 is 1.54 bits per heavy atom. The summed E-state index contributed by atoms with van der Waals surface area (Å²) in [6.07, 6.45) is 1.11. The van der Waals surface area contributed by atoms with Crippen molar-refractivity contribution in [2.24, 2.45) is 5.92 Å². The molecule has 1 heterocycles. The second kappa shape index (κ2) is 4.68. The van der Waals surface area contributed by atoms with Crippen molar-refractivity contribution >= 4 is 11.6 Å². The third-order valence-corrected chi connectivity index (χ3v) is 2.63. The van der Waals surface area contributed by atoms with Gasteiger partial charge in [0.15, 0.2) is 5.22 Å². The summed E-state index contributed by atoms with van der Waals surface area (Å²) in [5, 5.41) is 3.69. The molecule has 1 aromatic heterocycles. The van der Waals surface area contributed by atoms with Gasteiger partial charge in [-0.3, -0.25) is 0 Å². The Hall–Kier alpha value is -0.470. The first-order valence-electron chi connectivity index (χ1n) is 4.61. The minimum Gasteiger partial charge on any atom is -0.448 e. The minimum atomic E-state index is 0.262. The first-order chi connectivity index (χ1) is 6.19. The van der Waals surface area contributed by atoms with Gasteiger partial charge < -0.3 is 9.73 Å². The van der Waals surface area contributed by atoms with Crippen LogP contribution in [0.2, 0.25) is 5.22 Å². The van der Waals surface area contributed by atoms with Gasteiger partial charge in [-0.25, -0.2) is 0 Å². The highest BCUT2D eigenvalue weighted by Gasteiger charge is 2.18. The minimum absolute atomic E-state index is 0.262. The molecule has 2 nitrogen and oxygen atoms in total. The van der Waals surface area contributed by atoms with E-state index in [0.29, 0.717) is 11.1 Å². The van der Waals surface area contributed by atoms with Crippen molar-refractivity contribution in [1.82, 2.24) is 5.32 Å². The highest BCUT2D eigenvalue weighted by molar-refractivity contribution is 6.28. The number of nitrogens with one attached hydrogen (secondary N) is 1. The van der Waals surface area contributed by atoms with Crippen molar-refractivity contribution < 1.29 is 4.42 Å². The molecule has 1 rings (SSSR count). The molecule has 0 aliphatic carbocycles. The third-order valence-electron chi connectivity index (χ3n) is 2.42. The molecule has 0 aromatic carbocycles. The molecule has 0 fully saturated rings. The molecule has 2 unspecified atom stereocenters. The zero-order chi connectivity index (χ0) is 9.84. The van der Waals surface area contributed by atoms with Crippen LogP contribution in [0.3, 0.4) is 0 Å². The van der Waals surface area contributed by atoms with Gasteiger partial charge in [0.05, 0.1) is 6.04 Å². The van der Waals surface area contributed by atoms with Gasteiger partial charge in [0.2, 0.25) is 0 Å². The largest absolute Gasteiger partial charge is 0.448 e. The predicted molar refractivity (Wildman–Crippen MR) is 55.0 cm³/mol. The smallest absolute Gasteiger partial charge is 0.193 e. The van der Waals surface area contributed by atoms with Crippen molar-refractivity contribution in [3.63, 3.8) is 0 Å². The quantitative estimate of drug-likeness (QED) is 0.809. The van der Waals surface area contributed by atoms with Crippen LogP contribution >= 0.6 is 11.6 Å². The summed E-state index contributed by atoms with van der Waals surface area (Å²) in [6.45, 7) is 4.36. The van der Waals surface area contributed by atoms with Gasteiger partial charge in [0.25, 0.3) is 0 Å². The van der Waals surface area contributed by atoms with Crippen LogP contribution in [0.25, 0.3) is 0 Å². The fraction of sp³-hybridized carbons (Fsp3) is 0.600. The van der Waals surface area contributed by atoms with Crippen molar-refractivity contribution in [3.05, 3.63) is 23.1 Å². The summed E-state index contributed by atoms with van der Waals surface area (Å²) in [6, 6.07) is 3.97. The standard InChI is InChI=1S/C10H16ClNO/c1-4-7(2)10(12-3)8-5-6-9(11)13-8/h5-7,10,12H,4H2,1-3H3. The molecule has 0 aliphatic heterocycles. The maximum atomic E-state index is 5.71. The number of hydrogen-bond donors (Lipinski definition) is 1. The summed E-state index contributed by atoms with van der Waals surface area (Å²) in [5.74, 6) is 1.47. The van der Waals surface area contributed by atoms with Gasteiger partial charge in [0.1, 0.15) is 5.76 Å². The zero-order valence-corrected chi connectivity index (χ0v) is 9.06. The predicted octanol–water partition coefficient (Wildman–Crippen LogP) is 3.24. The highest BCUT2D eigenvalue weighted by atomic mass is 35.5. The summed E-state index contributed by atoms with van der Waals surface area (Å²) < 4.78 is 5.36. The fourth-order valence-electron chi connectivity index (χ4n) is 1.44. The summed E-state index contributed by atoms with van der Waals surface area (Å²) in [7, 11) is 1.94. The van der Waals surface area contributed by atoms with Crippen LogP contribution < -0.4 is 5.32 Å². The second-order valence-corrected chi connectivity index (χ2v) is 3.67. The Morgan fingerprint density at radius 2 is 2.23 bits per heavy atom. The maximum absolute atomic E-state index is 5.71. The summed E-state index contributed by atoms with van der Waals surface area (Å²) in [5.41, 5.74) is 0. The molecule has 2 atom stereocenters. The SMILES string of the molecule is CCC(C)C(NC)c1ccc(Cl)o1. The molecule has 0 spiro atoms. The second-order valence-electron chi connectivity index (χ2n) is 3.29. The molecular weight excluding hydrogens is 186 g/mol. The summed E-state index contributed by atoms with van der Waals surface area (Å²) >= 11 is 5.71. The van der Waals surface area contributed by atoms with Gasteiger partial charge in [-0.2, -0.15) is 0 Å². The van der Waals surface area contributed by atoms with Crippen LogP contribution in [0.5, 0.6) is 0 Å². The Balaban J connectivity index is 2.77. The van der Waals surface area contributed by atoms with E-state index in [1.165, 1.54) is 0 Å². The van der Waals surface area contributed by atoms with Crippen molar-refractivity contribution in [1.29, 1.82) is 0 Å². The van der Waals surface area contributed by atoms with Crippen molar-refractivity contribution in [2.45, 2.75) is 26.3 Å². The molecule has 0 saturated carbocycles. The average molecular weight is 202 g/mol. The van der Waals surface area contributed by atoms with Crippen LogP contribution in [-0.2, 0) is 0 Å². The Labute approximate surface area is 84.3 Å². The van der Waals surface area contributed by atoms with Gasteiger partial charge in [-0.1, -0.05) is 20.3 Å². The zero-order valence-electron chi connectivity index (χ0n) is 8.30. The summed E-state index contributed by atoms with van der Waals surface area (Å²) in [4.78, 5) is 0. The van der Waals surface area contributed by atoms with Crippen molar-refractivity contribution in [2.75, 3.05) is 7.05 Å². The Morgan fingerprint density at radius 3 is 2.62 bits per heavy atom. The van der Waals surface area contributed by atoms with Crippen LogP contribution in [-0.4, -0.2) is 7.05 Å². The van der Waals surface area contributed by atoms with E-state index in [0.717, 1.165) is 12.2 Å². The Bertz CT molecular complexity index is 259. The van der Waals surface area contributed by atoms with E-state index in [4.69, 9.17) is 16.0 Å². The van der Waals surface area contributed by atoms with Crippen LogP contribution in [0.1, 0.15) is 32.1 Å². The fourth-order valence-corrected chi connectivity index (χ4v) is 1.59. The molecule has 1 N–H and O–H groups in total. The molecule has 0 aliphatic rings. The average Bonchev–Trinajstić information content (AvgIpc) is 2.53. The Kier molecular flexibility index (Phi) is 3.82. The number of halogens is 1. The maximum Gasteiger partial charge on any atom is 0.193 e. The first kappa shape index (κ1) is 10.6. The lowest BCUT2D eigenvalue weighted by Crippen LogP contribution is -2.22. The molecule has 1 aromatic rings. The number of furan rings is 1. The van der Waals surface area contributed by atoms with Gasteiger partial charge in [0, 0.05) is 0 Å². The highest BCUT2D eigenvalue weighted by Crippen LogP contribution is 2.26. The van der Waals surface area contributed by atoms with E-state index in [2.05, 4.69) is 19.2 Å². The van der Waals surface area contributed by atoms with E-state index in [1.54, 1.807) is 6.07 Å². The molecule has 3 heteroatoms. The van der Waals surface area contributed by atoms with Crippen LogP contribution in [0.4, 0.5) is 0 Å². The monoisotopic (exact) mass is 201 g/mol. The van der Waals surface area contributed by atoms with Gasteiger partial charge in [-0.15, -0.1) is 0 Å². The van der Waals surface area contributed by atoms with E-state index >= 15 is 0 Å². The molecule has 74 valence electrons. The lowest BCUT2D eigenvalue weighted by molar-refractivity contribution is 0.336. The lowest BCUT2D eigenvalue weighted by Gasteiger charge is -2.19. The molecular formula is C10H16ClNO.